The third kappa shape index (κ3) is 2.52. The molecule has 1 aromatic heterocycles. The van der Waals surface area contributed by atoms with Gasteiger partial charge in [0.1, 0.15) is 11.4 Å². The van der Waals surface area contributed by atoms with Crippen LogP contribution in [0.5, 0.6) is 5.75 Å². The molecule has 1 aliphatic rings. The summed E-state index contributed by atoms with van der Waals surface area (Å²) >= 11 is 0. The molecule has 0 spiro atoms. The molecule has 4 rings (SSSR count). The number of nitrogens with one attached hydrogen (secondary N) is 1. The van der Waals surface area contributed by atoms with Crippen molar-refractivity contribution in [3.05, 3.63) is 59.7 Å². The Bertz CT molecular complexity index is 972. The van der Waals surface area contributed by atoms with Crippen LogP contribution in [0.1, 0.15) is 39.2 Å². The number of para-hydroxylation sites is 1. The minimum Gasteiger partial charge on any atom is -0.483 e. The van der Waals surface area contributed by atoms with E-state index >= 15 is 0 Å². The summed E-state index contributed by atoms with van der Waals surface area (Å²) in [5, 5.41) is 2.52. The van der Waals surface area contributed by atoms with Crippen LogP contribution in [-0.2, 0) is 0 Å². The Labute approximate surface area is 142 Å². The zero-order valence-electron chi connectivity index (χ0n) is 14.5. The van der Waals surface area contributed by atoms with Gasteiger partial charge in [0.15, 0.2) is 0 Å². The SMILES string of the molecule is CC(C)=CCCC1(C)C=Cc2c(ccc3c2[nH]c2ccccc23)O1. The number of benzene rings is 2. The molecule has 2 heteroatoms. The van der Waals surface area contributed by atoms with E-state index in [0.29, 0.717) is 0 Å². The van der Waals surface area contributed by atoms with Gasteiger partial charge >= 0.3 is 0 Å². The number of hydrogen-bond donors (Lipinski definition) is 1. The second-order valence-electron chi connectivity index (χ2n) is 7.14. The molecule has 2 heterocycles. The number of ether oxygens (including phenoxy) is 1. The first-order chi connectivity index (χ1) is 11.6. The van der Waals surface area contributed by atoms with E-state index in [2.05, 4.69) is 80.4 Å². The van der Waals surface area contributed by atoms with Gasteiger partial charge in [0.25, 0.3) is 0 Å². The van der Waals surface area contributed by atoms with Crippen molar-refractivity contribution in [2.45, 2.75) is 39.2 Å². The second kappa shape index (κ2) is 5.55. The van der Waals surface area contributed by atoms with E-state index in [1.165, 1.54) is 21.9 Å². The molecule has 2 nitrogen and oxygen atoms in total. The number of H-pyrrole nitrogens is 1. The predicted octanol–water partition coefficient (Wildman–Crippen LogP) is 6.23. The van der Waals surface area contributed by atoms with Gasteiger partial charge in [0.2, 0.25) is 0 Å². The van der Waals surface area contributed by atoms with Crippen molar-refractivity contribution in [2.24, 2.45) is 0 Å². The standard InChI is InChI=1S/C22H23NO/c1-15(2)7-6-13-22(3)14-12-18-20(24-22)11-10-17-16-8-4-5-9-19(16)23-21(17)18/h4-5,7-12,14,23H,6,13H2,1-3H3. The monoisotopic (exact) mass is 317 g/mol. The minimum atomic E-state index is -0.237. The lowest BCUT2D eigenvalue weighted by molar-refractivity contribution is 0.129. The van der Waals surface area contributed by atoms with Gasteiger partial charge in [-0.1, -0.05) is 29.8 Å². The van der Waals surface area contributed by atoms with E-state index in [-0.39, 0.29) is 5.60 Å². The number of aromatic nitrogens is 1. The van der Waals surface area contributed by atoms with Crippen molar-refractivity contribution in [2.75, 3.05) is 0 Å². The molecule has 0 fully saturated rings. The Morgan fingerprint density at radius 2 is 1.96 bits per heavy atom. The molecule has 1 N–H and O–H groups in total. The molecule has 3 aromatic rings. The highest BCUT2D eigenvalue weighted by Gasteiger charge is 2.27. The first-order valence-electron chi connectivity index (χ1n) is 8.61. The van der Waals surface area contributed by atoms with E-state index < -0.39 is 0 Å². The predicted molar refractivity (Wildman–Crippen MR) is 103 cm³/mol. The number of allylic oxidation sites excluding steroid dienone is 2. The van der Waals surface area contributed by atoms with Crippen LogP contribution < -0.4 is 4.74 Å². The lowest BCUT2D eigenvalue weighted by atomic mass is 9.94. The van der Waals surface area contributed by atoms with Gasteiger partial charge in [0, 0.05) is 21.9 Å². The van der Waals surface area contributed by atoms with Crippen LogP contribution in [-0.4, -0.2) is 10.6 Å². The molecule has 0 radical (unpaired) electrons. The maximum absolute atomic E-state index is 6.37. The van der Waals surface area contributed by atoms with Crippen LogP contribution in [0.4, 0.5) is 0 Å². The maximum atomic E-state index is 6.37. The molecular weight excluding hydrogens is 294 g/mol. The molecule has 1 aliphatic heterocycles. The molecule has 0 amide bonds. The van der Waals surface area contributed by atoms with E-state index in [1.807, 2.05) is 0 Å². The minimum absolute atomic E-state index is 0.237. The van der Waals surface area contributed by atoms with Crippen molar-refractivity contribution in [1.29, 1.82) is 0 Å². The molecular formula is C22H23NO. The van der Waals surface area contributed by atoms with Gasteiger partial charge in [-0.25, -0.2) is 0 Å². The fourth-order valence-corrected chi connectivity index (χ4v) is 3.50. The van der Waals surface area contributed by atoms with Crippen LogP contribution in [0, 0.1) is 0 Å². The van der Waals surface area contributed by atoms with E-state index in [0.717, 1.165) is 29.7 Å². The van der Waals surface area contributed by atoms with Gasteiger partial charge in [-0.2, -0.15) is 0 Å². The molecule has 0 saturated heterocycles. The highest BCUT2D eigenvalue weighted by atomic mass is 16.5. The van der Waals surface area contributed by atoms with Gasteiger partial charge in [-0.15, -0.1) is 0 Å². The smallest absolute Gasteiger partial charge is 0.129 e. The Kier molecular flexibility index (Phi) is 3.49. The highest BCUT2D eigenvalue weighted by molar-refractivity contribution is 6.10. The Morgan fingerprint density at radius 1 is 1.12 bits per heavy atom. The topological polar surface area (TPSA) is 25.0 Å². The van der Waals surface area contributed by atoms with E-state index in [4.69, 9.17) is 4.74 Å². The lowest BCUT2D eigenvalue weighted by Gasteiger charge is -2.31. The summed E-state index contributed by atoms with van der Waals surface area (Å²) in [4.78, 5) is 3.55. The molecule has 0 saturated carbocycles. The number of rotatable bonds is 3. The molecule has 0 bridgehead atoms. The fourth-order valence-electron chi connectivity index (χ4n) is 3.50. The van der Waals surface area contributed by atoms with Crippen molar-refractivity contribution in [1.82, 2.24) is 4.98 Å². The lowest BCUT2D eigenvalue weighted by Crippen LogP contribution is -2.31. The molecule has 24 heavy (non-hydrogen) atoms. The number of aromatic amines is 1. The van der Waals surface area contributed by atoms with Crippen LogP contribution in [0.2, 0.25) is 0 Å². The van der Waals surface area contributed by atoms with E-state index in [1.54, 1.807) is 0 Å². The molecule has 1 atom stereocenters. The van der Waals surface area contributed by atoms with Gasteiger partial charge < -0.3 is 9.72 Å². The second-order valence-corrected chi connectivity index (χ2v) is 7.14. The summed E-state index contributed by atoms with van der Waals surface area (Å²) in [6.45, 7) is 6.45. The summed E-state index contributed by atoms with van der Waals surface area (Å²) < 4.78 is 6.37. The van der Waals surface area contributed by atoms with E-state index in [9.17, 15) is 0 Å². The third-order valence-corrected chi connectivity index (χ3v) is 4.82. The Morgan fingerprint density at radius 3 is 2.79 bits per heavy atom. The van der Waals surface area contributed by atoms with Crippen LogP contribution in [0.15, 0.2) is 54.1 Å². The van der Waals surface area contributed by atoms with Gasteiger partial charge in [0.05, 0.1) is 5.52 Å². The quantitative estimate of drug-likeness (QED) is 0.569. The molecule has 1 unspecified atom stereocenters. The maximum Gasteiger partial charge on any atom is 0.129 e. The first kappa shape index (κ1) is 15.1. The van der Waals surface area contributed by atoms with Gasteiger partial charge in [-0.3, -0.25) is 0 Å². The zero-order chi connectivity index (χ0) is 16.7. The average Bonchev–Trinajstić information content (AvgIpc) is 2.92. The van der Waals surface area contributed by atoms with Gasteiger partial charge in [-0.05, 0) is 64.0 Å². The Hall–Kier alpha value is -2.48. The summed E-state index contributed by atoms with van der Waals surface area (Å²) in [5.74, 6) is 0.969. The average molecular weight is 317 g/mol. The summed E-state index contributed by atoms with van der Waals surface area (Å²) in [7, 11) is 0. The summed E-state index contributed by atoms with van der Waals surface area (Å²) in [5.41, 5.74) is 4.61. The van der Waals surface area contributed by atoms with Crippen molar-refractivity contribution in [3.63, 3.8) is 0 Å². The third-order valence-electron chi connectivity index (χ3n) is 4.82. The summed E-state index contributed by atoms with van der Waals surface area (Å²) in [6.07, 6.45) is 8.73. The largest absolute Gasteiger partial charge is 0.483 e. The van der Waals surface area contributed by atoms with Crippen molar-refractivity contribution in [3.8, 4) is 5.75 Å². The summed E-state index contributed by atoms with van der Waals surface area (Å²) in [6, 6.07) is 12.7. The fraction of sp³-hybridized carbons (Fsp3) is 0.273. The van der Waals surface area contributed by atoms with Crippen LogP contribution in [0.25, 0.3) is 27.9 Å². The normalized spacial score (nSPS) is 19.3. The first-order valence-corrected chi connectivity index (χ1v) is 8.61. The molecule has 0 aliphatic carbocycles. The number of fused-ring (bicyclic) bond motifs is 5. The Balaban J connectivity index is 1.74. The molecule has 122 valence electrons. The van der Waals surface area contributed by atoms with Crippen LogP contribution in [0.3, 0.4) is 0 Å². The van der Waals surface area contributed by atoms with Crippen molar-refractivity contribution >= 4 is 27.9 Å². The van der Waals surface area contributed by atoms with Crippen LogP contribution >= 0.6 is 0 Å². The van der Waals surface area contributed by atoms with Crippen molar-refractivity contribution < 1.29 is 4.74 Å². The number of hydrogen-bond acceptors (Lipinski definition) is 1. The molecule has 2 aromatic carbocycles. The zero-order valence-corrected chi connectivity index (χ0v) is 14.5. The highest BCUT2D eigenvalue weighted by Crippen LogP contribution is 2.39.